The molecule has 1 aliphatic rings. The molecule has 2 heterocycles. The first-order chi connectivity index (χ1) is 9.15. The van der Waals surface area contributed by atoms with Gasteiger partial charge in [-0.1, -0.05) is 13.8 Å². The van der Waals surface area contributed by atoms with E-state index in [9.17, 15) is 4.79 Å². The van der Waals surface area contributed by atoms with Gasteiger partial charge in [0.15, 0.2) is 0 Å². The molecule has 1 aliphatic heterocycles. The SMILES string of the molecule is CCN(CC)C1CCN(c2ccc(C(=O)O)nc2)C1. The zero-order valence-corrected chi connectivity index (χ0v) is 11.5. The summed E-state index contributed by atoms with van der Waals surface area (Å²) in [5.74, 6) is -0.978. The number of nitrogens with zero attached hydrogens (tertiary/aromatic N) is 3. The minimum atomic E-state index is -0.978. The lowest BCUT2D eigenvalue weighted by atomic mass is 10.2. The van der Waals surface area contributed by atoms with E-state index in [-0.39, 0.29) is 5.69 Å². The maximum atomic E-state index is 10.8. The summed E-state index contributed by atoms with van der Waals surface area (Å²) in [5, 5.41) is 8.84. The molecule has 1 aromatic rings. The average Bonchev–Trinajstić information content (AvgIpc) is 2.90. The molecule has 0 bridgehead atoms. The van der Waals surface area contributed by atoms with Crippen molar-refractivity contribution in [2.24, 2.45) is 0 Å². The van der Waals surface area contributed by atoms with Gasteiger partial charge in [-0.05, 0) is 31.6 Å². The average molecular weight is 263 g/mol. The number of rotatable bonds is 5. The van der Waals surface area contributed by atoms with Crippen LogP contribution in [-0.2, 0) is 0 Å². The van der Waals surface area contributed by atoms with E-state index >= 15 is 0 Å². The van der Waals surface area contributed by atoms with Crippen molar-refractivity contribution in [2.45, 2.75) is 26.3 Å². The maximum absolute atomic E-state index is 10.8. The van der Waals surface area contributed by atoms with Crippen molar-refractivity contribution < 1.29 is 9.90 Å². The van der Waals surface area contributed by atoms with E-state index in [4.69, 9.17) is 5.11 Å². The quantitative estimate of drug-likeness (QED) is 0.876. The monoisotopic (exact) mass is 263 g/mol. The van der Waals surface area contributed by atoms with Crippen molar-refractivity contribution in [1.29, 1.82) is 0 Å². The van der Waals surface area contributed by atoms with Crippen LogP contribution in [0.1, 0.15) is 30.8 Å². The molecule has 1 aromatic heterocycles. The van der Waals surface area contributed by atoms with E-state index in [0.29, 0.717) is 6.04 Å². The van der Waals surface area contributed by atoms with Crippen molar-refractivity contribution in [2.75, 3.05) is 31.1 Å². The summed E-state index contributed by atoms with van der Waals surface area (Å²) in [5.41, 5.74) is 1.11. The van der Waals surface area contributed by atoms with Gasteiger partial charge in [-0.3, -0.25) is 4.90 Å². The first-order valence-corrected chi connectivity index (χ1v) is 6.84. The maximum Gasteiger partial charge on any atom is 0.354 e. The van der Waals surface area contributed by atoms with E-state index in [1.54, 1.807) is 12.3 Å². The minimum absolute atomic E-state index is 0.100. The Labute approximate surface area is 113 Å². The van der Waals surface area contributed by atoms with E-state index < -0.39 is 5.97 Å². The Kier molecular flexibility index (Phi) is 4.37. The van der Waals surface area contributed by atoms with Crippen LogP contribution in [-0.4, -0.2) is 53.2 Å². The first-order valence-electron chi connectivity index (χ1n) is 6.84. The fourth-order valence-corrected chi connectivity index (χ4v) is 2.71. The molecule has 104 valence electrons. The zero-order chi connectivity index (χ0) is 13.8. The molecule has 1 fully saturated rings. The molecule has 1 unspecified atom stereocenters. The van der Waals surface area contributed by atoms with Gasteiger partial charge in [-0.15, -0.1) is 0 Å². The molecule has 0 aliphatic carbocycles. The van der Waals surface area contributed by atoms with Crippen molar-refractivity contribution in [3.63, 3.8) is 0 Å². The van der Waals surface area contributed by atoms with Crippen LogP contribution in [0.15, 0.2) is 18.3 Å². The Morgan fingerprint density at radius 2 is 2.21 bits per heavy atom. The third kappa shape index (κ3) is 3.04. The highest BCUT2D eigenvalue weighted by atomic mass is 16.4. The fourth-order valence-electron chi connectivity index (χ4n) is 2.71. The fraction of sp³-hybridized carbons (Fsp3) is 0.571. The molecule has 0 saturated carbocycles. The second kappa shape index (κ2) is 6.02. The number of carbonyl (C=O) groups is 1. The van der Waals surface area contributed by atoms with E-state index in [2.05, 4.69) is 28.6 Å². The molecule has 1 atom stereocenters. The van der Waals surface area contributed by atoms with Gasteiger partial charge in [0.25, 0.3) is 0 Å². The Balaban J connectivity index is 2.02. The third-order valence-electron chi connectivity index (χ3n) is 3.82. The Morgan fingerprint density at radius 3 is 2.74 bits per heavy atom. The molecule has 5 heteroatoms. The highest BCUT2D eigenvalue weighted by Crippen LogP contribution is 2.22. The van der Waals surface area contributed by atoms with Crippen molar-refractivity contribution in [1.82, 2.24) is 9.88 Å². The van der Waals surface area contributed by atoms with Gasteiger partial charge in [0.2, 0.25) is 0 Å². The minimum Gasteiger partial charge on any atom is -0.477 e. The lowest BCUT2D eigenvalue weighted by Crippen LogP contribution is -2.37. The summed E-state index contributed by atoms with van der Waals surface area (Å²) in [6.07, 6.45) is 2.82. The molecule has 2 rings (SSSR count). The highest BCUT2D eigenvalue weighted by molar-refractivity contribution is 5.85. The number of hydrogen-bond acceptors (Lipinski definition) is 4. The van der Waals surface area contributed by atoms with Gasteiger partial charge >= 0.3 is 5.97 Å². The van der Waals surface area contributed by atoms with Crippen LogP contribution in [0.25, 0.3) is 0 Å². The summed E-state index contributed by atoms with van der Waals surface area (Å²) in [4.78, 5) is 19.5. The van der Waals surface area contributed by atoms with Crippen LogP contribution in [0.5, 0.6) is 0 Å². The predicted molar refractivity (Wildman–Crippen MR) is 74.7 cm³/mol. The highest BCUT2D eigenvalue weighted by Gasteiger charge is 2.26. The number of likely N-dealkylation sites (N-methyl/N-ethyl adjacent to an activating group) is 1. The normalized spacial score (nSPS) is 19.1. The van der Waals surface area contributed by atoms with Crippen LogP contribution in [0.3, 0.4) is 0 Å². The number of pyridine rings is 1. The van der Waals surface area contributed by atoms with Gasteiger partial charge < -0.3 is 10.0 Å². The van der Waals surface area contributed by atoms with Gasteiger partial charge in [0, 0.05) is 19.1 Å². The van der Waals surface area contributed by atoms with Crippen molar-refractivity contribution in [3.05, 3.63) is 24.0 Å². The van der Waals surface area contributed by atoms with Gasteiger partial charge in [0.05, 0.1) is 11.9 Å². The molecular weight excluding hydrogens is 242 g/mol. The second-order valence-electron chi connectivity index (χ2n) is 4.82. The lowest BCUT2D eigenvalue weighted by Gasteiger charge is -2.26. The summed E-state index contributed by atoms with van der Waals surface area (Å²) in [7, 11) is 0. The number of aromatic nitrogens is 1. The molecule has 5 nitrogen and oxygen atoms in total. The topological polar surface area (TPSA) is 56.7 Å². The Hall–Kier alpha value is -1.62. The lowest BCUT2D eigenvalue weighted by molar-refractivity contribution is 0.0690. The van der Waals surface area contributed by atoms with Crippen LogP contribution in [0, 0.1) is 0 Å². The molecule has 1 saturated heterocycles. The summed E-state index contributed by atoms with van der Waals surface area (Å²) >= 11 is 0. The van der Waals surface area contributed by atoms with Crippen LogP contribution < -0.4 is 4.90 Å². The molecule has 1 N–H and O–H groups in total. The van der Waals surface area contributed by atoms with Crippen LogP contribution >= 0.6 is 0 Å². The molecule has 0 radical (unpaired) electrons. The van der Waals surface area contributed by atoms with E-state index in [1.807, 2.05) is 6.07 Å². The van der Waals surface area contributed by atoms with Crippen molar-refractivity contribution in [3.8, 4) is 0 Å². The van der Waals surface area contributed by atoms with Crippen LogP contribution in [0.2, 0.25) is 0 Å². The molecule has 0 amide bonds. The molecule has 0 spiro atoms. The number of hydrogen-bond donors (Lipinski definition) is 1. The number of anilines is 1. The molecule has 19 heavy (non-hydrogen) atoms. The van der Waals surface area contributed by atoms with Gasteiger partial charge in [0.1, 0.15) is 5.69 Å². The first kappa shape index (κ1) is 13.8. The smallest absolute Gasteiger partial charge is 0.354 e. The third-order valence-corrected chi connectivity index (χ3v) is 3.82. The molecule has 0 aromatic carbocycles. The number of carboxylic acid groups (broad SMARTS) is 1. The Morgan fingerprint density at radius 1 is 1.47 bits per heavy atom. The van der Waals surface area contributed by atoms with Gasteiger partial charge in [-0.2, -0.15) is 0 Å². The largest absolute Gasteiger partial charge is 0.477 e. The van der Waals surface area contributed by atoms with E-state index in [0.717, 1.165) is 38.3 Å². The number of carboxylic acids is 1. The van der Waals surface area contributed by atoms with E-state index in [1.165, 1.54) is 0 Å². The Bertz CT molecular complexity index is 429. The standard InChI is InChI=1S/C14H21N3O2/c1-3-16(4-2)12-7-8-17(10-12)11-5-6-13(14(18)19)15-9-11/h5-6,9,12H,3-4,7-8,10H2,1-2H3,(H,18,19). The predicted octanol–water partition coefficient (Wildman–Crippen LogP) is 1.70. The summed E-state index contributed by atoms with van der Waals surface area (Å²) in [6.45, 7) is 8.53. The summed E-state index contributed by atoms with van der Waals surface area (Å²) < 4.78 is 0. The van der Waals surface area contributed by atoms with Crippen LogP contribution in [0.4, 0.5) is 5.69 Å². The number of aromatic carboxylic acids is 1. The van der Waals surface area contributed by atoms with Gasteiger partial charge in [-0.25, -0.2) is 9.78 Å². The molecular formula is C14H21N3O2. The van der Waals surface area contributed by atoms with Crippen molar-refractivity contribution >= 4 is 11.7 Å². The summed E-state index contributed by atoms with van der Waals surface area (Å²) in [6, 6.07) is 4.01. The zero-order valence-electron chi connectivity index (χ0n) is 11.5. The second-order valence-corrected chi connectivity index (χ2v) is 4.82.